The van der Waals surface area contributed by atoms with Gasteiger partial charge in [0.25, 0.3) is 5.91 Å². The molecule has 0 aliphatic rings. The third-order valence-corrected chi connectivity index (χ3v) is 3.67. The molecule has 0 fully saturated rings. The molecule has 1 aromatic heterocycles. The van der Waals surface area contributed by atoms with Crippen molar-refractivity contribution in [3.8, 4) is 23.3 Å². The molecule has 0 bridgehead atoms. The van der Waals surface area contributed by atoms with Gasteiger partial charge in [-0.25, -0.2) is 0 Å². The maximum absolute atomic E-state index is 12.2. The Hall–Kier alpha value is -3.85. The molecule has 6 heteroatoms. The molecule has 3 rings (SSSR count). The molecule has 0 aliphatic carbocycles. The van der Waals surface area contributed by atoms with Gasteiger partial charge in [-0.1, -0.05) is 0 Å². The van der Waals surface area contributed by atoms with E-state index in [0.717, 1.165) is 0 Å². The molecular weight excluding hydrogens is 342 g/mol. The van der Waals surface area contributed by atoms with Gasteiger partial charge in [-0.2, -0.15) is 5.26 Å². The van der Waals surface area contributed by atoms with E-state index in [1.54, 1.807) is 80.0 Å². The van der Waals surface area contributed by atoms with E-state index in [1.165, 1.54) is 0 Å². The highest BCUT2D eigenvalue weighted by molar-refractivity contribution is 5.94. The number of rotatable bonds is 6. The maximum Gasteiger partial charge on any atom is 0.265 e. The van der Waals surface area contributed by atoms with E-state index >= 15 is 0 Å². The molecule has 1 amide bonds. The third kappa shape index (κ3) is 5.06. The average Bonchev–Trinajstić information content (AvgIpc) is 2.71. The fourth-order valence-electron chi connectivity index (χ4n) is 2.26. The van der Waals surface area contributed by atoms with Crippen LogP contribution in [0.25, 0.3) is 0 Å². The summed E-state index contributed by atoms with van der Waals surface area (Å²) in [7, 11) is 0. The van der Waals surface area contributed by atoms with Crippen molar-refractivity contribution in [3.63, 3.8) is 0 Å². The first-order valence-corrected chi connectivity index (χ1v) is 8.29. The minimum Gasteiger partial charge on any atom is -0.481 e. The van der Waals surface area contributed by atoms with Crippen LogP contribution < -0.4 is 14.8 Å². The normalized spacial score (nSPS) is 11.1. The molecule has 0 saturated carbocycles. The van der Waals surface area contributed by atoms with Crippen molar-refractivity contribution in [3.05, 3.63) is 78.6 Å². The zero-order chi connectivity index (χ0) is 19.1. The predicted molar refractivity (Wildman–Crippen MR) is 101 cm³/mol. The van der Waals surface area contributed by atoms with Crippen molar-refractivity contribution in [1.29, 1.82) is 5.26 Å². The highest BCUT2D eigenvalue weighted by Crippen LogP contribution is 2.24. The van der Waals surface area contributed by atoms with Gasteiger partial charge in [-0.15, -0.1) is 0 Å². The van der Waals surface area contributed by atoms with Gasteiger partial charge in [0.05, 0.1) is 11.6 Å². The molecule has 0 spiro atoms. The Morgan fingerprint density at radius 1 is 0.963 bits per heavy atom. The number of aromatic nitrogens is 1. The quantitative estimate of drug-likeness (QED) is 0.715. The lowest BCUT2D eigenvalue weighted by Crippen LogP contribution is -2.30. The van der Waals surface area contributed by atoms with Gasteiger partial charge in [0.1, 0.15) is 17.2 Å². The Balaban J connectivity index is 1.56. The zero-order valence-electron chi connectivity index (χ0n) is 14.6. The summed E-state index contributed by atoms with van der Waals surface area (Å²) in [6, 6.07) is 19.3. The van der Waals surface area contributed by atoms with Crippen LogP contribution in [0, 0.1) is 11.3 Å². The van der Waals surface area contributed by atoms with Crippen molar-refractivity contribution >= 4 is 11.6 Å². The van der Waals surface area contributed by atoms with E-state index in [0.29, 0.717) is 28.5 Å². The number of nitrogens with zero attached hydrogens (tertiary/aromatic N) is 2. The third-order valence-electron chi connectivity index (χ3n) is 3.67. The summed E-state index contributed by atoms with van der Waals surface area (Å²) in [5.41, 5.74) is 1.24. The van der Waals surface area contributed by atoms with Crippen LogP contribution in [-0.4, -0.2) is 17.0 Å². The zero-order valence-corrected chi connectivity index (χ0v) is 14.6. The monoisotopic (exact) mass is 359 g/mol. The Morgan fingerprint density at radius 3 is 2.11 bits per heavy atom. The number of carbonyl (C=O) groups is 1. The maximum atomic E-state index is 12.2. The number of nitrogens with one attached hydrogen (secondary N) is 1. The van der Waals surface area contributed by atoms with Crippen LogP contribution in [0.15, 0.2) is 73.1 Å². The van der Waals surface area contributed by atoms with Crippen LogP contribution in [0.1, 0.15) is 12.5 Å². The van der Waals surface area contributed by atoms with Crippen LogP contribution in [-0.2, 0) is 4.79 Å². The van der Waals surface area contributed by atoms with E-state index in [2.05, 4.69) is 16.4 Å². The topological polar surface area (TPSA) is 84.2 Å². The van der Waals surface area contributed by atoms with Gasteiger partial charge >= 0.3 is 0 Å². The largest absolute Gasteiger partial charge is 0.481 e. The Kier molecular flexibility index (Phi) is 5.65. The molecule has 1 atom stereocenters. The Labute approximate surface area is 157 Å². The number of anilines is 1. The SMILES string of the molecule is CC(Oc1ccc(Oc2ccc(C#N)cc2)cc1)C(=O)Nc1ccncc1. The van der Waals surface area contributed by atoms with Crippen LogP contribution >= 0.6 is 0 Å². The molecular formula is C21H17N3O3. The molecule has 1 unspecified atom stereocenters. The van der Waals surface area contributed by atoms with Gasteiger partial charge in [-0.3, -0.25) is 9.78 Å². The number of carbonyl (C=O) groups excluding carboxylic acids is 1. The summed E-state index contributed by atoms with van der Waals surface area (Å²) in [6.45, 7) is 1.68. The molecule has 0 radical (unpaired) electrons. The highest BCUT2D eigenvalue weighted by Gasteiger charge is 2.15. The van der Waals surface area contributed by atoms with Gasteiger partial charge < -0.3 is 14.8 Å². The van der Waals surface area contributed by atoms with E-state index in [4.69, 9.17) is 14.7 Å². The van der Waals surface area contributed by atoms with Crippen LogP contribution in [0.4, 0.5) is 5.69 Å². The number of hydrogen-bond donors (Lipinski definition) is 1. The number of amides is 1. The van der Waals surface area contributed by atoms with Gasteiger partial charge in [0, 0.05) is 18.1 Å². The molecule has 134 valence electrons. The van der Waals surface area contributed by atoms with Crippen molar-refractivity contribution in [1.82, 2.24) is 4.98 Å². The summed E-state index contributed by atoms with van der Waals surface area (Å²) in [5, 5.41) is 11.6. The second-order valence-corrected chi connectivity index (χ2v) is 5.69. The fourth-order valence-corrected chi connectivity index (χ4v) is 2.26. The van der Waals surface area contributed by atoms with E-state index in [1.807, 2.05) is 0 Å². The number of nitriles is 1. The predicted octanol–water partition coefficient (Wildman–Crippen LogP) is 4.15. The van der Waals surface area contributed by atoms with Crippen LogP contribution in [0.5, 0.6) is 17.2 Å². The minimum atomic E-state index is -0.663. The standard InChI is InChI=1S/C21H17N3O3/c1-15(21(25)24-17-10-12-23-13-11-17)26-18-6-8-20(9-7-18)27-19-4-2-16(14-22)3-5-19/h2-13,15H,1H3,(H,23,24,25). The number of benzene rings is 2. The van der Waals surface area contributed by atoms with Gasteiger partial charge in [-0.05, 0) is 67.6 Å². The summed E-state index contributed by atoms with van der Waals surface area (Å²) in [4.78, 5) is 16.1. The minimum absolute atomic E-state index is 0.251. The van der Waals surface area contributed by atoms with Gasteiger partial charge in [0.2, 0.25) is 0 Å². The molecule has 1 N–H and O–H groups in total. The van der Waals surface area contributed by atoms with Gasteiger partial charge in [0.15, 0.2) is 6.10 Å². The smallest absolute Gasteiger partial charge is 0.265 e. The number of pyridine rings is 1. The fraction of sp³-hybridized carbons (Fsp3) is 0.0952. The van der Waals surface area contributed by atoms with Crippen LogP contribution in [0.3, 0.4) is 0 Å². The second-order valence-electron chi connectivity index (χ2n) is 5.69. The lowest BCUT2D eigenvalue weighted by Gasteiger charge is -2.15. The number of hydrogen-bond acceptors (Lipinski definition) is 5. The summed E-state index contributed by atoms with van der Waals surface area (Å²) >= 11 is 0. The molecule has 2 aromatic carbocycles. The highest BCUT2D eigenvalue weighted by atomic mass is 16.5. The second kappa shape index (κ2) is 8.50. The summed E-state index contributed by atoms with van der Waals surface area (Å²) < 4.78 is 11.4. The lowest BCUT2D eigenvalue weighted by atomic mass is 10.2. The molecule has 3 aromatic rings. The van der Waals surface area contributed by atoms with Crippen molar-refractivity contribution in [2.75, 3.05) is 5.32 Å². The first kappa shape index (κ1) is 18.0. The summed E-state index contributed by atoms with van der Waals surface area (Å²) in [6.07, 6.45) is 2.55. The molecule has 0 saturated heterocycles. The van der Waals surface area contributed by atoms with Crippen molar-refractivity contribution in [2.45, 2.75) is 13.0 Å². The molecule has 6 nitrogen and oxygen atoms in total. The Morgan fingerprint density at radius 2 is 1.52 bits per heavy atom. The average molecular weight is 359 g/mol. The molecule has 0 aliphatic heterocycles. The first-order chi connectivity index (χ1) is 13.1. The van der Waals surface area contributed by atoms with Crippen molar-refractivity contribution < 1.29 is 14.3 Å². The van der Waals surface area contributed by atoms with Crippen LogP contribution in [0.2, 0.25) is 0 Å². The first-order valence-electron chi connectivity index (χ1n) is 8.29. The lowest BCUT2D eigenvalue weighted by molar-refractivity contribution is -0.122. The number of ether oxygens (including phenoxy) is 2. The molecule has 1 heterocycles. The van der Waals surface area contributed by atoms with E-state index < -0.39 is 6.10 Å². The summed E-state index contributed by atoms with van der Waals surface area (Å²) in [5.74, 6) is 1.56. The Bertz CT molecular complexity index is 933. The van der Waals surface area contributed by atoms with E-state index in [-0.39, 0.29) is 5.91 Å². The van der Waals surface area contributed by atoms with E-state index in [9.17, 15) is 4.79 Å². The van der Waals surface area contributed by atoms with Crippen molar-refractivity contribution in [2.24, 2.45) is 0 Å². The molecule has 27 heavy (non-hydrogen) atoms.